The van der Waals surface area contributed by atoms with E-state index in [0.29, 0.717) is 6.54 Å². The largest absolute Gasteiger partial charge is 0.496 e. The molecule has 1 aromatic rings. The molecule has 0 aliphatic rings. The number of amides is 1. The third-order valence-corrected chi connectivity index (χ3v) is 3.35. The molecule has 2 N–H and O–H groups in total. The highest BCUT2D eigenvalue weighted by Gasteiger charge is 2.25. The maximum atomic E-state index is 12.0. The molecule has 0 saturated heterocycles. The number of hydrogen-bond donors (Lipinski definition) is 1. The van der Waals surface area contributed by atoms with Crippen molar-refractivity contribution in [2.75, 3.05) is 20.7 Å². The van der Waals surface area contributed by atoms with Crippen LogP contribution in [-0.4, -0.2) is 37.0 Å². The van der Waals surface area contributed by atoms with Crippen LogP contribution in [0.2, 0.25) is 0 Å². The summed E-state index contributed by atoms with van der Waals surface area (Å²) in [6.07, 6.45) is 0.723. The van der Waals surface area contributed by atoms with E-state index in [9.17, 15) is 4.79 Å². The van der Waals surface area contributed by atoms with Crippen molar-refractivity contribution in [3.8, 4) is 5.75 Å². The summed E-state index contributed by atoms with van der Waals surface area (Å²) < 4.78 is 6.31. The van der Waals surface area contributed by atoms with E-state index in [1.54, 1.807) is 32.9 Å². The molecule has 0 heterocycles. The average molecular weight is 329 g/mol. The van der Waals surface area contributed by atoms with Crippen LogP contribution in [0.5, 0.6) is 5.75 Å². The first kappa shape index (κ1) is 16.0. The molecule has 0 aliphatic carbocycles. The molecule has 0 spiro atoms. The summed E-state index contributed by atoms with van der Waals surface area (Å²) in [5, 5.41) is 0. The number of nitrogens with zero attached hydrogens (tertiary/aromatic N) is 1. The third kappa shape index (κ3) is 4.51. The van der Waals surface area contributed by atoms with Crippen molar-refractivity contribution in [3.05, 3.63) is 28.2 Å². The smallest absolute Gasteiger partial charge is 0.241 e. The van der Waals surface area contributed by atoms with Crippen molar-refractivity contribution in [2.45, 2.75) is 25.8 Å². The number of carbonyl (C=O) groups excluding carboxylic acids is 1. The number of benzene rings is 1. The molecule has 0 aromatic heterocycles. The van der Waals surface area contributed by atoms with E-state index in [0.717, 1.165) is 22.2 Å². The van der Waals surface area contributed by atoms with Crippen LogP contribution >= 0.6 is 15.9 Å². The van der Waals surface area contributed by atoms with Crippen molar-refractivity contribution < 1.29 is 9.53 Å². The van der Waals surface area contributed by atoms with E-state index in [1.807, 2.05) is 18.2 Å². The number of hydrogen-bond acceptors (Lipinski definition) is 3. The Labute approximate surface area is 123 Å². The van der Waals surface area contributed by atoms with Crippen molar-refractivity contribution in [2.24, 2.45) is 5.73 Å². The number of nitrogens with two attached hydrogens (primary N) is 1. The molecule has 0 saturated carbocycles. The number of carbonyl (C=O) groups is 1. The van der Waals surface area contributed by atoms with Crippen molar-refractivity contribution in [1.29, 1.82) is 0 Å². The van der Waals surface area contributed by atoms with Gasteiger partial charge >= 0.3 is 0 Å². The van der Waals surface area contributed by atoms with Crippen molar-refractivity contribution in [3.63, 3.8) is 0 Å². The van der Waals surface area contributed by atoms with Gasteiger partial charge in [0.15, 0.2) is 0 Å². The molecule has 106 valence electrons. The quantitative estimate of drug-likeness (QED) is 0.901. The number of likely N-dealkylation sites (N-methyl/N-ethyl adjacent to an activating group) is 1. The summed E-state index contributed by atoms with van der Waals surface area (Å²) in [4.78, 5) is 13.6. The first-order chi connectivity index (χ1) is 8.75. The Morgan fingerprint density at radius 3 is 2.63 bits per heavy atom. The lowest BCUT2D eigenvalue weighted by Gasteiger charge is -2.26. The minimum Gasteiger partial charge on any atom is -0.496 e. The van der Waals surface area contributed by atoms with Gasteiger partial charge in [0.05, 0.1) is 12.6 Å². The Balaban J connectivity index is 2.72. The minimum atomic E-state index is -0.837. The van der Waals surface area contributed by atoms with Gasteiger partial charge in [0, 0.05) is 18.1 Å². The van der Waals surface area contributed by atoms with E-state index in [4.69, 9.17) is 10.5 Å². The van der Waals surface area contributed by atoms with Crippen LogP contribution in [0.1, 0.15) is 19.4 Å². The fourth-order valence-electron chi connectivity index (χ4n) is 1.82. The lowest BCUT2D eigenvalue weighted by atomic mass is 10.0. The standard InChI is InChI=1S/C14H21BrN2O2/c1-14(2,16)13(18)17(3)8-7-10-9-11(15)5-6-12(10)19-4/h5-6,9H,7-8,16H2,1-4H3. The molecule has 0 radical (unpaired) electrons. The Morgan fingerprint density at radius 2 is 2.11 bits per heavy atom. The van der Waals surface area contributed by atoms with Crippen LogP contribution < -0.4 is 10.5 Å². The molecule has 0 bridgehead atoms. The Bertz CT molecular complexity index is 455. The number of ether oxygens (including phenoxy) is 1. The van der Waals surface area contributed by atoms with E-state index in [2.05, 4.69) is 15.9 Å². The van der Waals surface area contributed by atoms with Crippen LogP contribution in [0.25, 0.3) is 0 Å². The van der Waals surface area contributed by atoms with Gasteiger partial charge < -0.3 is 15.4 Å². The monoisotopic (exact) mass is 328 g/mol. The third-order valence-electron chi connectivity index (χ3n) is 2.86. The van der Waals surface area contributed by atoms with Gasteiger partial charge in [0.2, 0.25) is 5.91 Å². The zero-order valence-electron chi connectivity index (χ0n) is 11.9. The van der Waals surface area contributed by atoms with Gasteiger partial charge in [0.1, 0.15) is 5.75 Å². The van der Waals surface area contributed by atoms with E-state index in [1.165, 1.54) is 0 Å². The molecule has 1 aromatic carbocycles. The molecule has 0 atom stereocenters. The lowest BCUT2D eigenvalue weighted by Crippen LogP contribution is -2.50. The summed E-state index contributed by atoms with van der Waals surface area (Å²) >= 11 is 3.44. The molecule has 0 fully saturated rings. The van der Waals surface area contributed by atoms with Gasteiger partial charge in [0.25, 0.3) is 0 Å². The molecule has 1 amide bonds. The van der Waals surface area contributed by atoms with E-state index in [-0.39, 0.29) is 5.91 Å². The Kier molecular flexibility index (Phi) is 5.38. The van der Waals surface area contributed by atoms with Crippen LogP contribution in [0, 0.1) is 0 Å². The fourth-order valence-corrected chi connectivity index (χ4v) is 2.23. The molecular formula is C14H21BrN2O2. The summed E-state index contributed by atoms with van der Waals surface area (Å²) in [6, 6.07) is 5.85. The van der Waals surface area contributed by atoms with Gasteiger partial charge in [-0.1, -0.05) is 15.9 Å². The van der Waals surface area contributed by atoms with Crippen molar-refractivity contribution in [1.82, 2.24) is 4.90 Å². The number of rotatable bonds is 5. The van der Waals surface area contributed by atoms with Gasteiger partial charge in [-0.2, -0.15) is 0 Å². The second-order valence-electron chi connectivity index (χ2n) is 5.15. The zero-order chi connectivity index (χ0) is 14.6. The van der Waals surface area contributed by atoms with Crippen LogP contribution in [0.15, 0.2) is 22.7 Å². The molecule has 1 rings (SSSR count). The highest BCUT2D eigenvalue weighted by Crippen LogP contribution is 2.23. The SMILES string of the molecule is COc1ccc(Br)cc1CCN(C)C(=O)C(C)(C)N. The van der Waals surface area contributed by atoms with E-state index < -0.39 is 5.54 Å². The molecular weight excluding hydrogens is 308 g/mol. The summed E-state index contributed by atoms with van der Waals surface area (Å²) in [5.41, 5.74) is 6.03. The maximum Gasteiger partial charge on any atom is 0.241 e. The first-order valence-corrected chi connectivity index (χ1v) is 6.92. The zero-order valence-corrected chi connectivity index (χ0v) is 13.5. The van der Waals surface area contributed by atoms with E-state index >= 15 is 0 Å². The Morgan fingerprint density at radius 1 is 1.47 bits per heavy atom. The highest BCUT2D eigenvalue weighted by molar-refractivity contribution is 9.10. The molecule has 4 nitrogen and oxygen atoms in total. The minimum absolute atomic E-state index is 0.0681. The van der Waals surface area contributed by atoms with Gasteiger partial charge in [-0.15, -0.1) is 0 Å². The molecule has 5 heteroatoms. The predicted octanol–water partition coefficient (Wildman–Crippen LogP) is 2.20. The number of halogens is 1. The maximum absolute atomic E-state index is 12.0. The molecule has 0 unspecified atom stereocenters. The van der Waals surface area contributed by atoms with Crippen LogP contribution in [-0.2, 0) is 11.2 Å². The number of methoxy groups -OCH3 is 1. The summed E-state index contributed by atoms with van der Waals surface area (Å²) in [5.74, 6) is 0.762. The summed E-state index contributed by atoms with van der Waals surface area (Å²) in [7, 11) is 3.41. The summed E-state index contributed by atoms with van der Waals surface area (Å²) in [6.45, 7) is 4.03. The first-order valence-electron chi connectivity index (χ1n) is 6.12. The van der Waals surface area contributed by atoms with Crippen LogP contribution in [0.4, 0.5) is 0 Å². The highest BCUT2D eigenvalue weighted by atomic mass is 79.9. The second-order valence-corrected chi connectivity index (χ2v) is 6.07. The normalized spacial score (nSPS) is 11.3. The second kappa shape index (κ2) is 6.39. The van der Waals surface area contributed by atoms with Gasteiger partial charge in [-0.05, 0) is 44.0 Å². The van der Waals surface area contributed by atoms with Gasteiger partial charge in [-0.25, -0.2) is 0 Å². The van der Waals surface area contributed by atoms with Crippen molar-refractivity contribution >= 4 is 21.8 Å². The Hall–Kier alpha value is -1.07. The predicted molar refractivity (Wildman–Crippen MR) is 80.3 cm³/mol. The van der Waals surface area contributed by atoms with Gasteiger partial charge in [-0.3, -0.25) is 4.79 Å². The lowest BCUT2D eigenvalue weighted by molar-refractivity contribution is -0.134. The molecule has 0 aliphatic heterocycles. The topological polar surface area (TPSA) is 55.6 Å². The average Bonchev–Trinajstić information content (AvgIpc) is 2.34. The van der Waals surface area contributed by atoms with Crippen LogP contribution in [0.3, 0.4) is 0 Å². The fraction of sp³-hybridized carbons (Fsp3) is 0.500. The molecule has 19 heavy (non-hydrogen) atoms.